The van der Waals surface area contributed by atoms with Crippen LogP contribution in [0.5, 0.6) is 0 Å². The SMILES string of the molecule is Cc1cc(N=N/C(=N\Nc2ccc(Br)cc2)c2ccccc2)n[nH]1. The van der Waals surface area contributed by atoms with Crippen molar-refractivity contribution in [3.63, 3.8) is 0 Å². The molecule has 120 valence electrons. The van der Waals surface area contributed by atoms with Crippen molar-refractivity contribution in [3.05, 3.63) is 76.4 Å². The Morgan fingerprint density at radius 1 is 1.08 bits per heavy atom. The maximum atomic E-state index is 4.37. The second-order valence-corrected chi connectivity index (χ2v) is 5.94. The molecule has 0 aliphatic rings. The summed E-state index contributed by atoms with van der Waals surface area (Å²) in [7, 11) is 0. The van der Waals surface area contributed by atoms with Crippen LogP contribution < -0.4 is 5.43 Å². The number of anilines is 1. The van der Waals surface area contributed by atoms with Gasteiger partial charge in [-0.1, -0.05) is 46.3 Å². The first-order valence-electron chi connectivity index (χ1n) is 7.29. The fourth-order valence-electron chi connectivity index (χ4n) is 1.93. The van der Waals surface area contributed by atoms with Gasteiger partial charge in [0, 0.05) is 21.8 Å². The van der Waals surface area contributed by atoms with Gasteiger partial charge in [0.05, 0.1) is 5.69 Å². The third kappa shape index (κ3) is 4.36. The minimum Gasteiger partial charge on any atom is -0.281 e. The smallest absolute Gasteiger partial charge is 0.201 e. The average Bonchev–Trinajstić information content (AvgIpc) is 3.03. The summed E-state index contributed by atoms with van der Waals surface area (Å²) in [5.41, 5.74) is 5.64. The van der Waals surface area contributed by atoms with E-state index in [1.165, 1.54) is 0 Å². The molecule has 0 atom stereocenters. The number of amidine groups is 1. The zero-order valence-electron chi connectivity index (χ0n) is 12.9. The summed E-state index contributed by atoms with van der Waals surface area (Å²) in [5, 5.41) is 19.6. The van der Waals surface area contributed by atoms with Crippen LogP contribution in [0.2, 0.25) is 0 Å². The van der Waals surface area contributed by atoms with Crippen molar-refractivity contribution in [2.75, 3.05) is 5.43 Å². The average molecular weight is 383 g/mol. The van der Waals surface area contributed by atoms with Gasteiger partial charge in [-0.3, -0.25) is 10.5 Å². The van der Waals surface area contributed by atoms with Crippen LogP contribution in [0.1, 0.15) is 11.3 Å². The molecule has 2 aromatic carbocycles. The summed E-state index contributed by atoms with van der Waals surface area (Å²) in [5.74, 6) is 0.985. The van der Waals surface area contributed by atoms with E-state index in [0.717, 1.165) is 21.4 Å². The molecule has 0 amide bonds. The first-order valence-corrected chi connectivity index (χ1v) is 8.08. The molecule has 3 aromatic rings. The number of hydrogen-bond acceptors (Lipinski definition) is 4. The van der Waals surface area contributed by atoms with Gasteiger partial charge < -0.3 is 0 Å². The Morgan fingerprint density at radius 3 is 2.50 bits per heavy atom. The van der Waals surface area contributed by atoms with Crippen molar-refractivity contribution in [3.8, 4) is 0 Å². The zero-order valence-corrected chi connectivity index (χ0v) is 14.5. The van der Waals surface area contributed by atoms with Crippen LogP contribution in [0.3, 0.4) is 0 Å². The highest BCUT2D eigenvalue weighted by Crippen LogP contribution is 2.15. The maximum absolute atomic E-state index is 4.37. The van der Waals surface area contributed by atoms with Gasteiger partial charge in [0.15, 0.2) is 5.82 Å². The van der Waals surface area contributed by atoms with E-state index in [1.54, 1.807) is 0 Å². The van der Waals surface area contributed by atoms with Gasteiger partial charge in [0.1, 0.15) is 0 Å². The summed E-state index contributed by atoms with van der Waals surface area (Å²) in [4.78, 5) is 0. The number of aromatic amines is 1. The molecule has 0 aliphatic carbocycles. The third-order valence-corrected chi connectivity index (χ3v) is 3.64. The predicted octanol–water partition coefficient (Wildman–Crippen LogP) is 5.04. The standard InChI is InChI=1S/C17H15BrN6/c1-12-11-16(21-19-12)22-24-17(13-5-3-2-4-6-13)23-20-15-9-7-14(18)8-10-15/h2-11,20H,1H3,(H,19,21)/b23-17-,24-22?. The number of H-pyrrole nitrogens is 1. The molecule has 0 aliphatic heterocycles. The van der Waals surface area contributed by atoms with Gasteiger partial charge in [-0.25, -0.2) is 0 Å². The first kappa shape index (κ1) is 16.1. The number of nitrogens with zero attached hydrogens (tertiary/aromatic N) is 4. The molecule has 0 saturated heterocycles. The van der Waals surface area contributed by atoms with E-state index < -0.39 is 0 Å². The van der Waals surface area contributed by atoms with Crippen LogP contribution in [-0.2, 0) is 0 Å². The molecule has 24 heavy (non-hydrogen) atoms. The highest BCUT2D eigenvalue weighted by molar-refractivity contribution is 9.10. The Kier molecular flexibility index (Phi) is 5.12. The fraction of sp³-hybridized carbons (Fsp3) is 0.0588. The van der Waals surface area contributed by atoms with Gasteiger partial charge in [0.2, 0.25) is 5.84 Å². The summed E-state index contributed by atoms with van der Waals surface area (Å²) in [6.45, 7) is 1.91. The molecule has 7 heteroatoms. The number of rotatable bonds is 4. The number of azo groups is 1. The lowest BCUT2D eigenvalue weighted by Crippen LogP contribution is -2.01. The Bertz CT molecular complexity index is 852. The Labute approximate surface area is 147 Å². The highest BCUT2D eigenvalue weighted by Gasteiger charge is 2.03. The number of aryl methyl sites for hydroxylation is 1. The maximum Gasteiger partial charge on any atom is 0.201 e. The van der Waals surface area contributed by atoms with E-state index in [0.29, 0.717) is 11.7 Å². The number of hydrazone groups is 1. The molecule has 0 saturated carbocycles. The summed E-state index contributed by atoms with van der Waals surface area (Å²) >= 11 is 3.41. The fourth-order valence-corrected chi connectivity index (χ4v) is 2.19. The van der Waals surface area contributed by atoms with Crippen molar-refractivity contribution in [1.82, 2.24) is 10.2 Å². The van der Waals surface area contributed by atoms with Gasteiger partial charge >= 0.3 is 0 Å². The largest absolute Gasteiger partial charge is 0.281 e. The van der Waals surface area contributed by atoms with E-state index in [4.69, 9.17) is 0 Å². The molecule has 2 N–H and O–H groups in total. The molecule has 0 fully saturated rings. The van der Waals surface area contributed by atoms with Crippen LogP contribution >= 0.6 is 15.9 Å². The molecule has 0 bridgehead atoms. The minimum atomic E-state index is 0.471. The summed E-state index contributed by atoms with van der Waals surface area (Å²) in [6.07, 6.45) is 0. The van der Waals surface area contributed by atoms with Crippen LogP contribution in [0.25, 0.3) is 0 Å². The topological polar surface area (TPSA) is 77.8 Å². The number of aromatic nitrogens is 2. The van der Waals surface area contributed by atoms with Crippen LogP contribution in [0.15, 0.2) is 80.5 Å². The monoisotopic (exact) mass is 382 g/mol. The van der Waals surface area contributed by atoms with Crippen molar-refractivity contribution in [2.45, 2.75) is 6.92 Å². The Balaban J connectivity index is 1.85. The molecule has 0 spiro atoms. The van der Waals surface area contributed by atoms with Crippen molar-refractivity contribution >= 4 is 33.3 Å². The van der Waals surface area contributed by atoms with Gasteiger partial charge in [0.25, 0.3) is 0 Å². The number of hydrogen-bond donors (Lipinski definition) is 2. The van der Waals surface area contributed by atoms with Crippen molar-refractivity contribution in [1.29, 1.82) is 0 Å². The summed E-state index contributed by atoms with van der Waals surface area (Å²) in [6, 6.07) is 19.2. The normalized spacial score (nSPS) is 11.8. The van der Waals surface area contributed by atoms with Crippen LogP contribution in [0, 0.1) is 6.92 Å². The lowest BCUT2D eigenvalue weighted by molar-refractivity contribution is 1.03. The zero-order chi connectivity index (χ0) is 16.8. The molecule has 0 unspecified atom stereocenters. The first-order chi connectivity index (χ1) is 11.7. The van der Waals surface area contributed by atoms with Gasteiger partial charge in [-0.2, -0.15) is 10.2 Å². The van der Waals surface area contributed by atoms with E-state index >= 15 is 0 Å². The van der Waals surface area contributed by atoms with Gasteiger partial charge in [-0.05, 0) is 31.2 Å². The molecular formula is C17H15BrN6. The molecular weight excluding hydrogens is 368 g/mol. The van der Waals surface area contributed by atoms with E-state index in [-0.39, 0.29) is 0 Å². The lowest BCUT2D eigenvalue weighted by atomic mass is 10.2. The molecule has 1 aromatic heterocycles. The highest BCUT2D eigenvalue weighted by atomic mass is 79.9. The molecule has 3 rings (SSSR count). The van der Waals surface area contributed by atoms with Crippen LogP contribution in [-0.4, -0.2) is 16.0 Å². The minimum absolute atomic E-state index is 0.471. The van der Waals surface area contributed by atoms with Crippen molar-refractivity contribution in [2.24, 2.45) is 15.3 Å². The number of halogens is 1. The molecule has 0 radical (unpaired) electrons. The van der Waals surface area contributed by atoms with Crippen molar-refractivity contribution < 1.29 is 0 Å². The Morgan fingerprint density at radius 2 is 1.83 bits per heavy atom. The van der Waals surface area contributed by atoms with E-state index in [1.807, 2.05) is 67.6 Å². The van der Waals surface area contributed by atoms with E-state index in [2.05, 4.69) is 46.9 Å². The predicted molar refractivity (Wildman–Crippen MR) is 98.6 cm³/mol. The molecule has 1 heterocycles. The quantitative estimate of drug-likeness (QED) is 0.287. The second-order valence-electron chi connectivity index (χ2n) is 5.03. The lowest BCUT2D eigenvalue weighted by Gasteiger charge is -2.03. The molecule has 6 nitrogen and oxygen atoms in total. The van der Waals surface area contributed by atoms with Gasteiger partial charge in [-0.15, -0.1) is 10.2 Å². The summed E-state index contributed by atoms with van der Waals surface area (Å²) < 4.78 is 1.01. The number of nitrogens with one attached hydrogen (secondary N) is 2. The van der Waals surface area contributed by atoms with E-state index in [9.17, 15) is 0 Å². The Hall–Kier alpha value is -2.80. The second kappa shape index (κ2) is 7.65. The van der Waals surface area contributed by atoms with Crippen LogP contribution in [0.4, 0.5) is 11.5 Å². The third-order valence-electron chi connectivity index (χ3n) is 3.11. The number of benzene rings is 2.